The summed E-state index contributed by atoms with van der Waals surface area (Å²) in [5, 5.41) is 12.8. The highest BCUT2D eigenvalue weighted by Gasteiger charge is 2.28. The van der Waals surface area contributed by atoms with Crippen LogP contribution >= 0.6 is 11.6 Å². The van der Waals surface area contributed by atoms with Gasteiger partial charge in [-0.15, -0.1) is 0 Å². The second-order valence-corrected chi connectivity index (χ2v) is 10.4. The van der Waals surface area contributed by atoms with Crippen LogP contribution in [0.3, 0.4) is 0 Å². The Morgan fingerprint density at radius 1 is 1.13 bits per heavy atom. The van der Waals surface area contributed by atoms with E-state index in [2.05, 4.69) is 5.32 Å². The number of likely N-dealkylation sites (tertiary alicyclic amines) is 1. The van der Waals surface area contributed by atoms with Gasteiger partial charge in [0, 0.05) is 31.4 Å². The number of nitrogens with zero attached hydrogens (tertiary/aromatic N) is 4. The predicted octanol–water partition coefficient (Wildman–Crippen LogP) is 4.58. The molecule has 2 aliphatic rings. The van der Waals surface area contributed by atoms with Crippen LogP contribution in [0.25, 0.3) is 10.9 Å². The fourth-order valence-electron chi connectivity index (χ4n) is 5.03. The first-order valence-corrected chi connectivity index (χ1v) is 13.4. The Morgan fingerprint density at radius 2 is 1.95 bits per heavy atom. The summed E-state index contributed by atoms with van der Waals surface area (Å²) in [5.41, 5.74) is 0.848. The summed E-state index contributed by atoms with van der Waals surface area (Å²) >= 11 is 6.12. The fraction of sp³-hybridized carbons (Fsp3) is 0.429. The van der Waals surface area contributed by atoms with E-state index in [4.69, 9.17) is 21.6 Å². The molecule has 1 atom stereocenters. The summed E-state index contributed by atoms with van der Waals surface area (Å²) in [4.78, 5) is 41.2. The maximum Gasteiger partial charge on any atom is 0.331 e. The molecule has 1 N–H and O–H groups in total. The zero-order valence-electron chi connectivity index (χ0n) is 21.3. The maximum atomic E-state index is 13.3. The SMILES string of the molecule is CCn1c(=O)n(CC2CC2)c(=O)c2cc(NC(=O)N3CCCCC3COc3ccc(C#N)c(Cl)c3)ccc21. The van der Waals surface area contributed by atoms with Crippen LogP contribution in [0, 0.1) is 17.2 Å². The molecule has 0 spiro atoms. The molecule has 2 amide bonds. The Kier molecular flexibility index (Phi) is 7.43. The number of hydrogen-bond acceptors (Lipinski definition) is 5. The third-order valence-electron chi connectivity index (χ3n) is 7.32. The first-order chi connectivity index (χ1) is 18.4. The van der Waals surface area contributed by atoms with Crippen molar-refractivity contribution < 1.29 is 9.53 Å². The molecule has 1 saturated heterocycles. The van der Waals surface area contributed by atoms with Crippen LogP contribution in [0.2, 0.25) is 5.02 Å². The molecule has 0 radical (unpaired) electrons. The Balaban J connectivity index is 1.34. The molecule has 1 aliphatic carbocycles. The molecule has 2 fully saturated rings. The zero-order chi connectivity index (χ0) is 26.8. The molecule has 2 heterocycles. The lowest BCUT2D eigenvalue weighted by atomic mass is 10.0. The van der Waals surface area contributed by atoms with Crippen molar-refractivity contribution in [3.05, 3.63) is 67.8 Å². The third kappa shape index (κ3) is 5.27. The summed E-state index contributed by atoms with van der Waals surface area (Å²) in [5.74, 6) is 0.920. The summed E-state index contributed by atoms with van der Waals surface area (Å²) in [6.45, 7) is 3.65. The van der Waals surface area contributed by atoms with Crippen molar-refractivity contribution >= 4 is 34.2 Å². The van der Waals surface area contributed by atoms with Crippen LogP contribution < -0.4 is 21.3 Å². The van der Waals surface area contributed by atoms with E-state index in [0.717, 1.165) is 32.1 Å². The van der Waals surface area contributed by atoms with Gasteiger partial charge >= 0.3 is 11.7 Å². The summed E-state index contributed by atoms with van der Waals surface area (Å²) < 4.78 is 8.87. The minimum Gasteiger partial charge on any atom is -0.491 e. The molecule has 0 bridgehead atoms. The highest BCUT2D eigenvalue weighted by Crippen LogP contribution is 2.30. The lowest BCUT2D eigenvalue weighted by Gasteiger charge is -2.35. The number of aromatic nitrogens is 2. The van der Waals surface area contributed by atoms with Gasteiger partial charge < -0.3 is 15.0 Å². The van der Waals surface area contributed by atoms with Gasteiger partial charge in [0.1, 0.15) is 18.4 Å². The van der Waals surface area contributed by atoms with Gasteiger partial charge in [0.25, 0.3) is 5.56 Å². The molecule has 9 nitrogen and oxygen atoms in total. The molecule has 1 unspecified atom stereocenters. The Morgan fingerprint density at radius 3 is 2.66 bits per heavy atom. The van der Waals surface area contributed by atoms with E-state index >= 15 is 0 Å². The highest BCUT2D eigenvalue weighted by atomic mass is 35.5. The highest BCUT2D eigenvalue weighted by molar-refractivity contribution is 6.31. The normalized spacial score (nSPS) is 17.3. The van der Waals surface area contributed by atoms with E-state index in [1.165, 1.54) is 4.57 Å². The van der Waals surface area contributed by atoms with Crippen LogP contribution in [0.1, 0.15) is 44.6 Å². The maximum absolute atomic E-state index is 13.3. The number of carbonyl (C=O) groups excluding carboxylic acids is 1. The number of piperidine rings is 1. The first-order valence-electron chi connectivity index (χ1n) is 13.1. The van der Waals surface area contributed by atoms with Crippen molar-refractivity contribution in [3.8, 4) is 11.8 Å². The monoisotopic (exact) mass is 535 g/mol. The fourth-order valence-corrected chi connectivity index (χ4v) is 5.24. The van der Waals surface area contributed by atoms with Crippen molar-refractivity contribution in [1.29, 1.82) is 5.26 Å². The van der Waals surface area contributed by atoms with Crippen molar-refractivity contribution in [2.75, 3.05) is 18.5 Å². The molecule has 1 aromatic heterocycles. The topological polar surface area (TPSA) is 109 Å². The number of nitrogens with one attached hydrogen (secondary N) is 1. The van der Waals surface area contributed by atoms with Crippen LogP contribution in [-0.4, -0.2) is 39.3 Å². The number of amides is 2. The van der Waals surface area contributed by atoms with E-state index in [1.54, 1.807) is 45.9 Å². The minimum absolute atomic E-state index is 0.139. The van der Waals surface area contributed by atoms with Gasteiger partial charge in [-0.3, -0.25) is 13.9 Å². The van der Waals surface area contributed by atoms with Gasteiger partial charge in [0.05, 0.1) is 27.5 Å². The average Bonchev–Trinajstić information content (AvgIpc) is 3.75. The predicted molar refractivity (Wildman–Crippen MR) is 146 cm³/mol. The second kappa shape index (κ2) is 10.9. The number of fused-ring (bicyclic) bond motifs is 1. The molecule has 5 rings (SSSR count). The van der Waals surface area contributed by atoms with Crippen LogP contribution in [0.5, 0.6) is 5.75 Å². The number of ether oxygens (including phenoxy) is 1. The van der Waals surface area contributed by atoms with Gasteiger partial charge in [0.2, 0.25) is 0 Å². The second-order valence-electron chi connectivity index (χ2n) is 9.96. The van der Waals surface area contributed by atoms with Gasteiger partial charge in [-0.2, -0.15) is 5.26 Å². The van der Waals surface area contributed by atoms with E-state index in [9.17, 15) is 14.4 Å². The average molecular weight is 536 g/mol. The zero-order valence-corrected chi connectivity index (χ0v) is 22.0. The van der Waals surface area contributed by atoms with Gasteiger partial charge in [-0.1, -0.05) is 11.6 Å². The van der Waals surface area contributed by atoms with Crippen molar-refractivity contribution in [1.82, 2.24) is 14.0 Å². The van der Waals surface area contributed by atoms with Crippen molar-refractivity contribution in [2.24, 2.45) is 5.92 Å². The molecule has 10 heteroatoms. The van der Waals surface area contributed by atoms with Crippen LogP contribution in [-0.2, 0) is 13.1 Å². The minimum atomic E-state index is -0.317. The van der Waals surface area contributed by atoms with E-state index < -0.39 is 0 Å². The molecule has 3 aromatic rings. The Hall–Kier alpha value is -3.77. The number of aryl methyl sites for hydroxylation is 1. The Labute approximate surface area is 225 Å². The number of rotatable bonds is 7. The van der Waals surface area contributed by atoms with Crippen LogP contribution in [0.4, 0.5) is 10.5 Å². The molecule has 198 valence electrons. The summed E-state index contributed by atoms with van der Waals surface area (Å²) in [6, 6.07) is 11.6. The first kappa shape index (κ1) is 25.9. The third-order valence-corrected chi connectivity index (χ3v) is 7.63. The number of hydrogen-bond donors (Lipinski definition) is 1. The molecule has 1 saturated carbocycles. The smallest absolute Gasteiger partial charge is 0.331 e. The Bertz CT molecular complexity index is 1540. The number of carbonyl (C=O) groups is 1. The number of halogens is 1. The van der Waals surface area contributed by atoms with E-state index in [0.29, 0.717) is 65.1 Å². The largest absolute Gasteiger partial charge is 0.491 e. The quantitative estimate of drug-likeness (QED) is 0.476. The van der Waals surface area contributed by atoms with Crippen molar-refractivity contribution in [3.63, 3.8) is 0 Å². The standard InChI is InChI=1S/C28H30ClN5O4/c1-2-32-25-11-9-20(13-23(25)26(35)34(28(32)37)16-18-6-7-18)31-27(36)33-12-4-3-5-21(33)17-38-22-10-8-19(15-30)24(29)14-22/h8-11,13-14,18,21H,2-7,12,16-17H2,1H3,(H,31,36). The molecular formula is C28H30ClN5O4. The van der Waals surface area contributed by atoms with Gasteiger partial charge in [0.15, 0.2) is 0 Å². The molecule has 38 heavy (non-hydrogen) atoms. The number of anilines is 1. The lowest BCUT2D eigenvalue weighted by molar-refractivity contribution is 0.124. The summed E-state index contributed by atoms with van der Waals surface area (Å²) in [6.07, 6.45) is 4.73. The molecule has 2 aromatic carbocycles. The van der Waals surface area contributed by atoms with E-state index in [1.807, 2.05) is 13.0 Å². The number of benzene rings is 2. The van der Waals surface area contributed by atoms with E-state index in [-0.39, 0.29) is 23.3 Å². The molecule has 1 aliphatic heterocycles. The molecular weight excluding hydrogens is 506 g/mol. The number of nitriles is 1. The van der Waals surface area contributed by atoms with Crippen LogP contribution in [0.15, 0.2) is 46.0 Å². The van der Waals surface area contributed by atoms with Gasteiger partial charge in [-0.05, 0) is 75.3 Å². The summed E-state index contributed by atoms with van der Waals surface area (Å²) in [7, 11) is 0. The van der Waals surface area contributed by atoms with Crippen molar-refractivity contribution in [2.45, 2.75) is 58.2 Å². The lowest BCUT2D eigenvalue weighted by Crippen LogP contribution is -2.48. The number of urea groups is 1. The van der Waals surface area contributed by atoms with Gasteiger partial charge in [-0.25, -0.2) is 9.59 Å².